The minimum Gasteiger partial charge on any atom is -0.497 e. The van der Waals surface area contributed by atoms with Gasteiger partial charge >= 0.3 is 0 Å². The Morgan fingerprint density at radius 3 is 2.80 bits per heavy atom. The molecule has 1 aromatic carbocycles. The van der Waals surface area contributed by atoms with Gasteiger partial charge in [-0.3, -0.25) is 4.79 Å². The van der Waals surface area contributed by atoms with Gasteiger partial charge in [-0.05, 0) is 25.1 Å². The quantitative estimate of drug-likeness (QED) is 0.747. The second-order valence-corrected chi connectivity index (χ2v) is 3.35. The molecule has 78 valence electrons. The van der Waals surface area contributed by atoms with Crippen molar-refractivity contribution in [2.45, 2.75) is 13.5 Å². The third kappa shape index (κ3) is 1.61. The summed E-state index contributed by atoms with van der Waals surface area (Å²) in [6.07, 6.45) is 1.82. The topological polar surface area (TPSA) is 31.2 Å². The zero-order valence-corrected chi connectivity index (χ0v) is 8.86. The molecule has 3 heteroatoms. The number of hydrogen-bond donors (Lipinski definition) is 0. The van der Waals surface area contributed by atoms with Gasteiger partial charge in [-0.15, -0.1) is 0 Å². The van der Waals surface area contributed by atoms with Gasteiger partial charge in [0.05, 0.1) is 12.6 Å². The zero-order chi connectivity index (χ0) is 10.8. The lowest BCUT2D eigenvalue weighted by Gasteiger charge is -2.08. The summed E-state index contributed by atoms with van der Waals surface area (Å²) >= 11 is 0. The number of benzene rings is 1. The Kier molecular flexibility index (Phi) is 2.46. The standard InChI is InChI=1S/C12H13NO2/c1-3-13-7-6-12(14)10-8-9(15-2)4-5-11(10)13/h4-8H,3H2,1-2H3. The molecule has 0 spiro atoms. The van der Waals surface area contributed by atoms with Gasteiger partial charge in [0.2, 0.25) is 0 Å². The van der Waals surface area contributed by atoms with Crippen LogP contribution in [-0.4, -0.2) is 11.7 Å². The van der Waals surface area contributed by atoms with Crippen molar-refractivity contribution in [3.63, 3.8) is 0 Å². The molecule has 0 saturated heterocycles. The van der Waals surface area contributed by atoms with Gasteiger partial charge in [0, 0.05) is 24.2 Å². The van der Waals surface area contributed by atoms with E-state index in [9.17, 15) is 4.79 Å². The van der Waals surface area contributed by atoms with E-state index in [2.05, 4.69) is 0 Å². The molecule has 1 aromatic heterocycles. The zero-order valence-electron chi connectivity index (χ0n) is 8.86. The Morgan fingerprint density at radius 1 is 1.33 bits per heavy atom. The largest absolute Gasteiger partial charge is 0.497 e. The summed E-state index contributed by atoms with van der Waals surface area (Å²) in [5.41, 5.74) is 0.986. The molecule has 2 rings (SSSR count). The van der Waals surface area contributed by atoms with Gasteiger partial charge in [0.15, 0.2) is 5.43 Å². The van der Waals surface area contributed by atoms with Crippen LogP contribution in [0.15, 0.2) is 35.3 Å². The molecule has 0 atom stereocenters. The number of rotatable bonds is 2. The van der Waals surface area contributed by atoms with E-state index < -0.39 is 0 Å². The molecule has 15 heavy (non-hydrogen) atoms. The van der Waals surface area contributed by atoms with Crippen LogP contribution in [0.5, 0.6) is 5.75 Å². The van der Waals surface area contributed by atoms with Crippen molar-refractivity contribution in [3.05, 3.63) is 40.7 Å². The highest BCUT2D eigenvalue weighted by Crippen LogP contribution is 2.17. The number of nitrogens with zero attached hydrogens (tertiary/aromatic N) is 1. The summed E-state index contributed by atoms with van der Waals surface area (Å²) in [4.78, 5) is 11.6. The lowest BCUT2D eigenvalue weighted by molar-refractivity contribution is 0.415. The predicted octanol–water partition coefficient (Wildman–Crippen LogP) is 2.03. The number of pyridine rings is 1. The van der Waals surface area contributed by atoms with E-state index in [-0.39, 0.29) is 5.43 Å². The summed E-state index contributed by atoms with van der Waals surface area (Å²) < 4.78 is 7.14. The average Bonchev–Trinajstić information content (AvgIpc) is 2.29. The number of methoxy groups -OCH3 is 1. The molecule has 1 heterocycles. The van der Waals surface area contributed by atoms with Crippen LogP contribution in [0.3, 0.4) is 0 Å². The number of aryl methyl sites for hydroxylation is 1. The molecule has 0 aliphatic carbocycles. The number of hydrogen-bond acceptors (Lipinski definition) is 2. The summed E-state index contributed by atoms with van der Waals surface area (Å²) in [5.74, 6) is 0.716. The van der Waals surface area contributed by atoms with E-state index in [1.807, 2.05) is 29.8 Å². The minimum atomic E-state index is 0.0357. The molecule has 0 N–H and O–H groups in total. The smallest absolute Gasteiger partial charge is 0.189 e. The first-order valence-corrected chi connectivity index (χ1v) is 4.93. The summed E-state index contributed by atoms with van der Waals surface area (Å²) in [5, 5.41) is 0.707. The van der Waals surface area contributed by atoms with Crippen molar-refractivity contribution in [1.82, 2.24) is 4.57 Å². The van der Waals surface area contributed by atoms with Crippen LogP contribution < -0.4 is 10.2 Å². The SMILES string of the molecule is CCn1ccc(=O)c2cc(OC)ccc21. The summed E-state index contributed by atoms with van der Waals surface area (Å²) in [6, 6.07) is 7.15. The van der Waals surface area contributed by atoms with Crippen molar-refractivity contribution in [1.29, 1.82) is 0 Å². The fourth-order valence-corrected chi connectivity index (χ4v) is 1.69. The van der Waals surface area contributed by atoms with Gasteiger partial charge < -0.3 is 9.30 Å². The van der Waals surface area contributed by atoms with Gasteiger partial charge in [-0.2, -0.15) is 0 Å². The Labute approximate surface area is 87.9 Å². The van der Waals surface area contributed by atoms with Crippen molar-refractivity contribution in [2.24, 2.45) is 0 Å². The minimum absolute atomic E-state index is 0.0357. The maximum atomic E-state index is 11.6. The summed E-state index contributed by atoms with van der Waals surface area (Å²) in [6.45, 7) is 2.90. The molecule has 0 unspecified atom stereocenters. The molecular formula is C12H13NO2. The van der Waals surface area contributed by atoms with Crippen LogP contribution in [0.1, 0.15) is 6.92 Å². The van der Waals surface area contributed by atoms with Gasteiger partial charge in [-0.25, -0.2) is 0 Å². The lowest BCUT2D eigenvalue weighted by atomic mass is 10.2. The Morgan fingerprint density at radius 2 is 2.13 bits per heavy atom. The third-order valence-corrected chi connectivity index (χ3v) is 2.53. The first-order chi connectivity index (χ1) is 7.26. The van der Waals surface area contributed by atoms with Crippen LogP contribution in [0, 0.1) is 0 Å². The predicted molar refractivity (Wildman–Crippen MR) is 60.4 cm³/mol. The number of fused-ring (bicyclic) bond motifs is 1. The van der Waals surface area contributed by atoms with Gasteiger partial charge in [0.1, 0.15) is 5.75 Å². The Balaban J connectivity index is 2.81. The van der Waals surface area contributed by atoms with E-state index in [0.29, 0.717) is 11.1 Å². The molecule has 0 aliphatic heterocycles. The van der Waals surface area contributed by atoms with Crippen molar-refractivity contribution in [2.75, 3.05) is 7.11 Å². The van der Waals surface area contributed by atoms with E-state index >= 15 is 0 Å². The van der Waals surface area contributed by atoms with Gasteiger partial charge in [-0.1, -0.05) is 0 Å². The monoisotopic (exact) mass is 203 g/mol. The maximum absolute atomic E-state index is 11.6. The van der Waals surface area contributed by atoms with E-state index in [1.165, 1.54) is 0 Å². The van der Waals surface area contributed by atoms with Crippen molar-refractivity contribution < 1.29 is 4.74 Å². The third-order valence-electron chi connectivity index (χ3n) is 2.53. The highest BCUT2D eigenvalue weighted by Gasteiger charge is 2.02. The lowest BCUT2D eigenvalue weighted by Crippen LogP contribution is -2.06. The number of aromatic nitrogens is 1. The fourth-order valence-electron chi connectivity index (χ4n) is 1.69. The van der Waals surface area contributed by atoms with Crippen LogP contribution in [-0.2, 0) is 6.54 Å². The molecule has 0 bridgehead atoms. The first-order valence-electron chi connectivity index (χ1n) is 4.93. The van der Waals surface area contributed by atoms with Crippen molar-refractivity contribution >= 4 is 10.9 Å². The summed E-state index contributed by atoms with van der Waals surface area (Å²) in [7, 11) is 1.60. The highest BCUT2D eigenvalue weighted by atomic mass is 16.5. The molecule has 0 aliphatic rings. The number of ether oxygens (including phenoxy) is 1. The molecule has 0 fully saturated rings. The van der Waals surface area contributed by atoms with E-state index in [0.717, 1.165) is 12.1 Å². The van der Waals surface area contributed by atoms with Crippen LogP contribution in [0.2, 0.25) is 0 Å². The molecular weight excluding hydrogens is 190 g/mol. The molecule has 0 radical (unpaired) electrons. The van der Waals surface area contributed by atoms with Crippen LogP contribution >= 0.6 is 0 Å². The van der Waals surface area contributed by atoms with E-state index in [1.54, 1.807) is 19.2 Å². The highest BCUT2D eigenvalue weighted by molar-refractivity contribution is 5.80. The maximum Gasteiger partial charge on any atom is 0.189 e. The van der Waals surface area contributed by atoms with Crippen LogP contribution in [0.4, 0.5) is 0 Å². The first kappa shape index (κ1) is 9.77. The Bertz CT molecular complexity index is 543. The van der Waals surface area contributed by atoms with Gasteiger partial charge in [0.25, 0.3) is 0 Å². The molecule has 3 nitrogen and oxygen atoms in total. The second kappa shape index (κ2) is 3.77. The van der Waals surface area contributed by atoms with Crippen molar-refractivity contribution in [3.8, 4) is 5.75 Å². The second-order valence-electron chi connectivity index (χ2n) is 3.35. The molecule has 0 saturated carbocycles. The average molecular weight is 203 g/mol. The fraction of sp³-hybridized carbons (Fsp3) is 0.250. The molecule has 0 amide bonds. The van der Waals surface area contributed by atoms with Crippen LogP contribution in [0.25, 0.3) is 10.9 Å². The van der Waals surface area contributed by atoms with E-state index in [4.69, 9.17) is 4.74 Å². The Hall–Kier alpha value is -1.77. The molecule has 2 aromatic rings. The normalized spacial score (nSPS) is 10.5.